The van der Waals surface area contributed by atoms with Crippen LogP contribution in [0.4, 0.5) is 0 Å². The van der Waals surface area contributed by atoms with Gasteiger partial charge in [-0.25, -0.2) is 0 Å². The van der Waals surface area contributed by atoms with Gasteiger partial charge in [0.15, 0.2) is 11.5 Å². The Kier molecular flexibility index (Phi) is 6.46. The number of aliphatic carboxylic acids is 1. The van der Waals surface area contributed by atoms with Crippen molar-refractivity contribution in [2.24, 2.45) is 0 Å². The van der Waals surface area contributed by atoms with Crippen LogP contribution in [0.5, 0.6) is 11.5 Å². The van der Waals surface area contributed by atoms with E-state index in [1.807, 2.05) is 31.2 Å². The average molecular weight is 350 g/mol. The van der Waals surface area contributed by atoms with Gasteiger partial charge in [0.05, 0.1) is 13.7 Å². The first-order valence-corrected chi connectivity index (χ1v) is 7.84. The quantitative estimate of drug-likeness (QED) is 0.764. The highest BCUT2D eigenvalue weighted by Gasteiger charge is 2.11. The molecule has 2 aromatic rings. The van der Waals surface area contributed by atoms with Crippen LogP contribution in [0, 0.1) is 6.92 Å². The monoisotopic (exact) mass is 349 g/mol. The molecule has 0 aliphatic heterocycles. The summed E-state index contributed by atoms with van der Waals surface area (Å²) in [7, 11) is 1.55. The van der Waals surface area contributed by atoms with E-state index in [1.54, 1.807) is 19.2 Å². The summed E-state index contributed by atoms with van der Waals surface area (Å²) in [6, 6.07) is 11.5. The molecule has 6 heteroatoms. The van der Waals surface area contributed by atoms with Gasteiger partial charge in [-0.2, -0.15) is 0 Å². The van der Waals surface area contributed by atoms with Crippen LogP contribution in [-0.4, -0.2) is 24.7 Å². The number of rotatable bonds is 8. The number of nitrogens with one attached hydrogen (secondary N) is 1. The Morgan fingerprint density at radius 1 is 1.21 bits per heavy atom. The second-order valence-electron chi connectivity index (χ2n) is 5.37. The molecule has 2 rings (SSSR count). The zero-order valence-corrected chi connectivity index (χ0v) is 14.4. The fourth-order valence-electron chi connectivity index (χ4n) is 2.13. The fraction of sp³-hybridized carbons (Fsp3) is 0.278. The third-order valence-corrected chi connectivity index (χ3v) is 3.79. The van der Waals surface area contributed by atoms with Gasteiger partial charge in [0, 0.05) is 17.6 Å². The minimum atomic E-state index is -0.920. The lowest BCUT2D eigenvalue weighted by molar-refractivity contribution is -0.135. The van der Waals surface area contributed by atoms with E-state index >= 15 is 0 Å². The van der Waals surface area contributed by atoms with Crippen LogP contribution in [0.1, 0.15) is 16.7 Å². The van der Waals surface area contributed by atoms with Crippen molar-refractivity contribution in [2.75, 3.05) is 13.7 Å². The van der Waals surface area contributed by atoms with Gasteiger partial charge in [-0.3, -0.25) is 4.79 Å². The van der Waals surface area contributed by atoms with Crippen LogP contribution >= 0.6 is 11.6 Å². The SMILES string of the molecule is COc1cc(CNCC(=O)O)c(Cl)cc1OCc1ccc(C)cc1. The molecule has 0 spiro atoms. The molecule has 0 fully saturated rings. The molecule has 0 unspecified atom stereocenters. The van der Waals surface area contributed by atoms with E-state index in [1.165, 1.54) is 5.56 Å². The lowest BCUT2D eigenvalue weighted by Gasteiger charge is -2.14. The Bertz CT molecular complexity index is 701. The van der Waals surface area contributed by atoms with Crippen LogP contribution in [-0.2, 0) is 17.9 Å². The summed E-state index contributed by atoms with van der Waals surface area (Å²) in [4.78, 5) is 10.6. The first-order chi connectivity index (χ1) is 11.5. The number of hydrogen-bond acceptors (Lipinski definition) is 4. The lowest BCUT2D eigenvalue weighted by Crippen LogP contribution is -2.22. The minimum absolute atomic E-state index is 0.135. The maximum absolute atomic E-state index is 10.6. The molecular weight excluding hydrogens is 330 g/mol. The van der Waals surface area contributed by atoms with E-state index < -0.39 is 5.97 Å². The molecule has 0 aromatic heterocycles. The van der Waals surface area contributed by atoms with E-state index in [2.05, 4.69) is 5.32 Å². The Hall–Kier alpha value is -2.24. The Labute approximate surface area is 146 Å². The van der Waals surface area contributed by atoms with Gasteiger partial charge < -0.3 is 19.9 Å². The van der Waals surface area contributed by atoms with Gasteiger partial charge in [0.1, 0.15) is 6.61 Å². The Morgan fingerprint density at radius 2 is 1.92 bits per heavy atom. The highest BCUT2D eigenvalue weighted by Crippen LogP contribution is 2.33. The maximum atomic E-state index is 10.6. The van der Waals surface area contributed by atoms with Crippen LogP contribution in [0.25, 0.3) is 0 Å². The van der Waals surface area contributed by atoms with E-state index in [0.717, 1.165) is 11.1 Å². The molecule has 0 radical (unpaired) electrons. The van der Waals surface area contributed by atoms with Crippen molar-refractivity contribution in [3.8, 4) is 11.5 Å². The molecule has 0 bridgehead atoms. The molecule has 0 saturated carbocycles. The van der Waals surface area contributed by atoms with Gasteiger partial charge in [0.25, 0.3) is 0 Å². The van der Waals surface area contributed by atoms with Crippen molar-refractivity contribution in [1.82, 2.24) is 5.32 Å². The highest BCUT2D eigenvalue weighted by atomic mass is 35.5. The summed E-state index contributed by atoms with van der Waals surface area (Å²) in [6.45, 7) is 2.64. The van der Waals surface area contributed by atoms with E-state index in [9.17, 15) is 4.79 Å². The van der Waals surface area contributed by atoms with Crippen molar-refractivity contribution in [3.63, 3.8) is 0 Å². The van der Waals surface area contributed by atoms with Gasteiger partial charge in [-0.1, -0.05) is 41.4 Å². The lowest BCUT2D eigenvalue weighted by atomic mass is 10.1. The average Bonchev–Trinajstić information content (AvgIpc) is 2.55. The van der Waals surface area contributed by atoms with Crippen molar-refractivity contribution in [3.05, 3.63) is 58.1 Å². The number of halogens is 1. The van der Waals surface area contributed by atoms with Crippen molar-refractivity contribution < 1.29 is 19.4 Å². The van der Waals surface area contributed by atoms with Gasteiger partial charge in [0.2, 0.25) is 0 Å². The predicted molar refractivity (Wildman–Crippen MR) is 92.9 cm³/mol. The predicted octanol–water partition coefficient (Wildman–Crippen LogP) is 3.41. The van der Waals surface area contributed by atoms with E-state index in [0.29, 0.717) is 29.7 Å². The third kappa shape index (κ3) is 5.15. The molecule has 0 saturated heterocycles. The number of methoxy groups -OCH3 is 1. The van der Waals surface area contributed by atoms with Crippen molar-refractivity contribution in [2.45, 2.75) is 20.1 Å². The molecule has 2 aromatic carbocycles. The Morgan fingerprint density at radius 3 is 2.54 bits per heavy atom. The van der Waals surface area contributed by atoms with Crippen LogP contribution in [0.15, 0.2) is 36.4 Å². The molecular formula is C18H20ClNO4. The standard InChI is InChI=1S/C18H20ClNO4/c1-12-3-5-13(6-4-12)11-24-17-8-15(19)14(7-16(17)23-2)9-20-10-18(21)22/h3-8,20H,9-11H2,1-2H3,(H,21,22). The third-order valence-electron chi connectivity index (χ3n) is 3.44. The second-order valence-corrected chi connectivity index (χ2v) is 5.77. The topological polar surface area (TPSA) is 67.8 Å². The summed E-state index contributed by atoms with van der Waals surface area (Å²) in [5.41, 5.74) is 2.99. The van der Waals surface area contributed by atoms with Crippen molar-refractivity contribution in [1.29, 1.82) is 0 Å². The first kappa shape index (κ1) is 18.1. The molecule has 0 aliphatic carbocycles. The molecule has 0 amide bonds. The van der Waals surface area contributed by atoms with E-state index in [4.69, 9.17) is 26.2 Å². The van der Waals surface area contributed by atoms with E-state index in [-0.39, 0.29) is 6.54 Å². The number of ether oxygens (including phenoxy) is 2. The normalized spacial score (nSPS) is 10.5. The zero-order valence-electron chi connectivity index (χ0n) is 13.6. The molecule has 128 valence electrons. The summed E-state index contributed by atoms with van der Waals surface area (Å²) >= 11 is 6.25. The van der Waals surface area contributed by atoms with Crippen LogP contribution in [0.3, 0.4) is 0 Å². The molecule has 24 heavy (non-hydrogen) atoms. The van der Waals surface area contributed by atoms with Crippen molar-refractivity contribution >= 4 is 17.6 Å². The Balaban J connectivity index is 2.07. The minimum Gasteiger partial charge on any atom is -0.493 e. The fourth-order valence-corrected chi connectivity index (χ4v) is 2.35. The maximum Gasteiger partial charge on any atom is 0.317 e. The summed E-state index contributed by atoms with van der Waals surface area (Å²) in [5.74, 6) is 0.180. The smallest absolute Gasteiger partial charge is 0.317 e. The summed E-state index contributed by atoms with van der Waals surface area (Å²) in [6.07, 6.45) is 0. The molecule has 5 nitrogen and oxygen atoms in total. The second kappa shape index (κ2) is 8.57. The first-order valence-electron chi connectivity index (χ1n) is 7.47. The highest BCUT2D eigenvalue weighted by molar-refractivity contribution is 6.31. The largest absolute Gasteiger partial charge is 0.493 e. The zero-order chi connectivity index (χ0) is 17.5. The summed E-state index contributed by atoms with van der Waals surface area (Å²) in [5, 5.41) is 11.9. The van der Waals surface area contributed by atoms with Gasteiger partial charge in [-0.05, 0) is 24.1 Å². The number of carboxylic acid groups (broad SMARTS) is 1. The number of carbonyl (C=O) groups is 1. The van der Waals surface area contributed by atoms with Crippen LogP contribution < -0.4 is 14.8 Å². The molecule has 0 heterocycles. The molecule has 0 aliphatic rings. The number of hydrogen-bond donors (Lipinski definition) is 2. The number of carboxylic acids is 1. The molecule has 0 atom stereocenters. The summed E-state index contributed by atoms with van der Waals surface area (Å²) < 4.78 is 11.2. The number of aryl methyl sites for hydroxylation is 1. The molecule has 2 N–H and O–H groups in total. The number of benzene rings is 2. The van der Waals surface area contributed by atoms with Crippen LogP contribution in [0.2, 0.25) is 5.02 Å². The van der Waals surface area contributed by atoms with Gasteiger partial charge in [-0.15, -0.1) is 0 Å². The van der Waals surface area contributed by atoms with Gasteiger partial charge >= 0.3 is 5.97 Å².